The third kappa shape index (κ3) is 6.08. The van der Waals surface area contributed by atoms with Gasteiger partial charge in [0.1, 0.15) is 12.3 Å². The van der Waals surface area contributed by atoms with Gasteiger partial charge in [-0.25, -0.2) is 5.43 Å². The molecule has 148 valence electrons. The van der Waals surface area contributed by atoms with E-state index in [0.29, 0.717) is 6.61 Å². The maximum Gasteiger partial charge on any atom is 0.243 e. The van der Waals surface area contributed by atoms with Gasteiger partial charge in [-0.3, -0.25) is 4.79 Å². The highest BCUT2D eigenvalue weighted by atomic mass is 35.5. The Morgan fingerprint density at radius 2 is 1.86 bits per heavy atom. The maximum absolute atomic E-state index is 12.4. The molecule has 2 N–H and O–H groups in total. The van der Waals surface area contributed by atoms with Gasteiger partial charge in [0.25, 0.3) is 0 Å². The van der Waals surface area contributed by atoms with Crippen LogP contribution >= 0.6 is 11.6 Å². The van der Waals surface area contributed by atoms with Gasteiger partial charge >= 0.3 is 0 Å². The van der Waals surface area contributed by atoms with E-state index in [1.54, 1.807) is 6.21 Å². The molecule has 1 aliphatic rings. The van der Waals surface area contributed by atoms with E-state index in [0.717, 1.165) is 48.8 Å². The highest BCUT2D eigenvalue weighted by Gasteiger charge is 2.27. The van der Waals surface area contributed by atoms with Crippen LogP contribution in [0.4, 0.5) is 0 Å². The van der Waals surface area contributed by atoms with Gasteiger partial charge in [0.05, 0.1) is 31.8 Å². The Hall–Kier alpha value is -2.37. The van der Waals surface area contributed by atoms with Crippen LogP contribution in [0, 0.1) is 5.92 Å². The molecule has 6 heteroatoms. The number of hydrogen-bond acceptors (Lipinski definition) is 3. The summed E-state index contributed by atoms with van der Waals surface area (Å²) in [6, 6.07) is 15.6. The average Bonchev–Trinajstić information content (AvgIpc) is 2.72. The summed E-state index contributed by atoms with van der Waals surface area (Å²) in [5.74, 6) is 0.871. The van der Waals surface area contributed by atoms with E-state index in [1.807, 2.05) is 43.3 Å². The van der Waals surface area contributed by atoms with E-state index >= 15 is 0 Å². The minimum atomic E-state index is 0.00716. The number of carbonyl (C=O) groups is 1. The molecule has 0 saturated carbocycles. The van der Waals surface area contributed by atoms with Crippen molar-refractivity contribution in [2.75, 3.05) is 19.7 Å². The number of carbonyl (C=O) groups excluding carboxylic acids is 1. The first-order chi connectivity index (χ1) is 13.6. The summed E-state index contributed by atoms with van der Waals surface area (Å²) in [6.45, 7) is 5.55. The Balaban J connectivity index is 1.41. The normalized spacial score (nSPS) is 19.5. The van der Waals surface area contributed by atoms with Crippen LogP contribution in [0.3, 0.4) is 0 Å². The highest BCUT2D eigenvalue weighted by Crippen LogP contribution is 2.12. The first-order valence-corrected chi connectivity index (χ1v) is 10.2. The van der Waals surface area contributed by atoms with Crippen molar-refractivity contribution in [3.63, 3.8) is 0 Å². The first-order valence-electron chi connectivity index (χ1n) is 9.78. The van der Waals surface area contributed by atoms with Crippen molar-refractivity contribution >= 4 is 23.7 Å². The molecule has 28 heavy (non-hydrogen) atoms. The van der Waals surface area contributed by atoms with Gasteiger partial charge in [-0.2, -0.15) is 5.10 Å². The molecule has 0 atom stereocenters. The van der Waals surface area contributed by atoms with Crippen molar-refractivity contribution in [2.45, 2.75) is 26.3 Å². The molecule has 1 heterocycles. The van der Waals surface area contributed by atoms with Gasteiger partial charge in [-0.05, 0) is 48.9 Å². The fourth-order valence-electron chi connectivity index (χ4n) is 3.43. The quantitative estimate of drug-likeness (QED) is 0.554. The monoisotopic (exact) mass is 400 g/mol. The van der Waals surface area contributed by atoms with Crippen LogP contribution in [0.15, 0.2) is 53.6 Å². The van der Waals surface area contributed by atoms with Crippen molar-refractivity contribution < 1.29 is 14.4 Å². The van der Waals surface area contributed by atoms with Gasteiger partial charge in [0.15, 0.2) is 0 Å². The van der Waals surface area contributed by atoms with E-state index in [4.69, 9.17) is 16.3 Å². The number of nitrogens with zero attached hydrogens (tertiary/aromatic N) is 1. The van der Waals surface area contributed by atoms with Gasteiger partial charge in [-0.15, -0.1) is 0 Å². The maximum atomic E-state index is 12.4. The lowest BCUT2D eigenvalue weighted by Gasteiger charge is -2.28. The molecule has 1 aliphatic heterocycles. The average molecular weight is 401 g/mol. The summed E-state index contributed by atoms with van der Waals surface area (Å²) in [4.78, 5) is 13.9. The summed E-state index contributed by atoms with van der Waals surface area (Å²) >= 11 is 5.94. The summed E-state index contributed by atoms with van der Waals surface area (Å²) in [7, 11) is 0. The number of ether oxygens (including phenoxy) is 1. The van der Waals surface area contributed by atoms with E-state index < -0.39 is 0 Å². The summed E-state index contributed by atoms with van der Waals surface area (Å²) in [5.41, 5.74) is 4.89. The smallest absolute Gasteiger partial charge is 0.243 e. The van der Waals surface area contributed by atoms with Crippen LogP contribution in [0.25, 0.3) is 0 Å². The number of likely N-dealkylation sites (tertiary alicyclic amines) is 1. The Labute approximate surface area is 171 Å². The lowest BCUT2D eigenvalue weighted by Crippen LogP contribution is -3.11. The Morgan fingerprint density at radius 3 is 2.50 bits per heavy atom. The standard InChI is InChI=1S/C22H26ClN3O2/c1-2-28-21-9-5-17(6-10-21)15-24-25-22(27)19-11-13-26(14-12-19)16-18-3-7-20(23)8-4-18/h3-10,15,19H,2,11-14,16H2,1H3,(H,25,27)/p+1/b24-15-. The summed E-state index contributed by atoms with van der Waals surface area (Å²) in [6.07, 6.45) is 3.43. The molecule has 2 aromatic rings. The van der Waals surface area contributed by atoms with Crippen molar-refractivity contribution in [1.29, 1.82) is 0 Å². The molecule has 1 amide bonds. The minimum Gasteiger partial charge on any atom is -0.494 e. The minimum absolute atomic E-state index is 0.00716. The van der Waals surface area contributed by atoms with E-state index in [1.165, 1.54) is 10.5 Å². The van der Waals surface area contributed by atoms with Crippen LogP contribution < -0.4 is 15.1 Å². The van der Waals surface area contributed by atoms with Gasteiger partial charge < -0.3 is 9.64 Å². The SMILES string of the molecule is CCOc1ccc(/C=N\NC(=O)C2CC[NH+](Cc3ccc(Cl)cc3)CC2)cc1. The number of hydrazone groups is 1. The Morgan fingerprint density at radius 1 is 1.18 bits per heavy atom. The Kier molecular flexibility index (Phi) is 7.46. The van der Waals surface area contributed by atoms with E-state index in [-0.39, 0.29) is 11.8 Å². The highest BCUT2D eigenvalue weighted by molar-refractivity contribution is 6.30. The zero-order valence-electron chi connectivity index (χ0n) is 16.2. The van der Waals surface area contributed by atoms with Gasteiger partial charge in [-0.1, -0.05) is 23.7 Å². The molecule has 0 radical (unpaired) electrons. The molecule has 1 fully saturated rings. The lowest BCUT2D eigenvalue weighted by molar-refractivity contribution is -0.919. The third-order valence-electron chi connectivity index (χ3n) is 5.01. The predicted octanol–water partition coefficient (Wildman–Crippen LogP) is 2.68. The molecule has 2 aromatic carbocycles. The summed E-state index contributed by atoms with van der Waals surface area (Å²) in [5, 5.41) is 4.87. The van der Waals surface area contributed by atoms with Crippen LogP contribution in [0.5, 0.6) is 5.75 Å². The van der Waals surface area contributed by atoms with Crippen molar-refractivity contribution in [3.8, 4) is 5.75 Å². The van der Waals surface area contributed by atoms with Crippen molar-refractivity contribution in [1.82, 2.24) is 5.43 Å². The third-order valence-corrected chi connectivity index (χ3v) is 5.26. The molecule has 0 spiro atoms. The number of rotatable bonds is 7. The Bertz CT molecular complexity index is 782. The van der Waals surface area contributed by atoms with Crippen molar-refractivity contribution in [3.05, 3.63) is 64.7 Å². The van der Waals surface area contributed by atoms with E-state index in [9.17, 15) is 4.79 Å². The van der Waals surface area contributed by atoms with Crippen LogP contribution in [0.2, 0.25) is 5.02 Å². The molecular weight excluding hydrogens is 374 g/mol. The van der Waals surface area contributed by atoms with Crippen LogP contribution in [-0.2, 0) is 11.3 Å². The second-order valence-corrected chi connectivity index (χ2v) is 7.50. The number of benzene rings is 2. The number of hydrogen-bond donors (Lipinski definition) is 2. The number of quaternary nitrogens is 1. The number of halogens is 1. The first kappa shape index (κ1) is 20.4. The largest absolute Gasteiger partial charge is 0.494 e. The topological polar surface area (TPSA) is 55.1 Å². The van der Waals surface area contributed by atoms with Crippen molar-refractivity contribution in [2.24, 2.45) is 11.0 Å². The zero-order valence-corrected chi connectivity index (χ0v) is 16.9. The molecule has 5 nitrogen and oxygen atoms in total. The number of nitrogens with one attached hydrogen (secondary N) is 2. The molecular formula is C22H27ClN3O2+. The number of amides is 1. The molecule has 3 rings (SSSR count). The van der Waals surface area contributed by atoms with Crippen LogP contribution in [0.1, 0.15) is 30.9 Å². The van der Waals surface area contributed by atoms with Gasteiger partial charge in [0.2, 0.25) is 5.91 Å². The number of piperidine rings is 1. The summed E-state index contributed by atoms with van der Waals surface area (Å²) < 4.78 is 5.41. The molecule has 0 bridgehead atoms. The van der Waals surface area contributed by atoms with Gasteiger partial charge in [0, 0.05) is 23.4 Å². The fourth-order valence-corrected chi connectivity index (χ4v) is 3.56. The molecule has 0 aliphatic carbocycles. The molecule has 0 aromatic heterocycles. The van der Waals surface area contributed by atoms with E-state index in [2.05, 4.69) is 22.7 Å². The predicted molar refractivity (Wildman–Crippen MR) is 112 cm³/mol. The van der Waals surface area contributed by atoms with Crippen LogP contribution in [-0.4, -0.2) is 31.8 Å². The second kappa shape index (κ2) is 10.2. The second-order valence-electron chi connectivity index (χ2n) is 7.06. The zero-order chi connectivity index (χ0) is 19.8. The molecule has 0 unspecified atom stereocenters. The fraction of sp³-hybridized carbons (Fsp3) is 0.364. The lowest BCUT2D eigenvalue weighted by atomic mass is 9.96. The molecule has 1 saturated heterocycles.